The second kappa shape index (κ2) is 6.63. The van der Waals surface area contributed by atoms with Crippen LogP contribution in [0.3, 0.4) is 0 Å². The molecule has 0 aliphatic carbocycles. The first-order chi connectivity index (χ1) is 10.2. The minimum Gasteiger partial charge on any atom is -0.395 e. The molecule has 1 aliphatic heterocycles. The number of aliphatic hydroxyl groups is 4. The maximum Gasteiger partial charge on any atom is 0.416 e. The predicted octanol–water partition coefficient (Wildman–Crippen LogP) is 0.634. The lowest BCUT2D eigenvalue weighted by Gasteiger charge is -2.40. The van der Waals surface area contributed by atoms with Crippen molar-refractivity contribution in [3.05, 3.63) is 29.8 Å². The lowest BCUT2D eigenvalue weighted by atomic mass is 10.0. The van der Waals surface area contributed by atoms with Crippen molar-refractivity contribution in [1.82, 2.24) is 0 Å². The Morgan fingerprint density at radius 1 is 1.00 bits per heavy atom. The summed E-state index contributed by atoms with van der Waals surface area (Å²) in [7, 11) is 0. The van der Waals surface area contributed by atoms with Gasteiger partial charge in [0.15, 0.2) is 0 Å². The maximum atomic E-state index is 12.5. The van der Waals surface area contributed by atoms with Crippen molar-refractivity contribution in [2.24, 2.45) is 0 Å². The molecule has 0 saturated carbocycles. The summed E-state index contributed by atoms with van der Waals surface area (Å²) in [6.45, 7) is -0.402. The predicted molar refractivity (Wildman–Crippen MR) is 75.3 cm³/mol. The summed E-state index contributed by atoms with van der Waals surface area (Å²) < 4.78 is 37.4. The second-order valence-electron chi connectivity index (χ2n) is 4.97. The van der Waals surface area contributed by atoms with Gasteiger partial charge in [0.2, 0.25) is 0 Å². The molecule has 5 nitrogen and oxygen atoms in total. The molecule has 9 heteroatoms. The molecule has 124 valence electrons. The number of halogens is 3. The number of benzene rings is 1. The van der Waals surface area contributed by atoms with Gasteiger partial charge in [-0.15, -0.1) is 11.8 Å². The Morgan fingerprint density at radius 2 is 1.59 bits per heavy atom. The topological polar surface area (TPSA) is 93.0 Å². The summed E-state index contributed by atoms with van der Waals surface area (Å²) in [5.74, 6) is 0. The number of hydrogen-bond acceptors (Lipinski definition) is 6. The number of thioether (sulfide) groups is 1. The van der Waals surface area contributed by atoms with E-state index in [1.165, 1.54) is 12.1 Å². The van der Waals surface area contributed by atoms with Crippen molar-refractivity contribution in [2.75, 3.05) is 11.9 Å². The summed E-state index contributed by atoms with van der Waals surface area (Å²) in [6, 6.07) is 4.22. The van der Waals surface area contributed by atoms with Crippen LogP contribution in [0.1, 0.15) is 5.56 Å². The minimum atomic E-state index is -4.43. The van der Waals surface area contributed by atoms with Crippen LogP contribution in [0.2, 0.25) is 0 Å². The number of anilines is 1. The Bertz CT molecular complexity index is 497. The summed E-state index contributed by atoms with van der Waals surface area (Å²) >= 11 is 1.01. The molecule has 2 rings (SSSR count). The van der Waals surface area contributed by atoms with Crippen molar-refractivity contribution in [1.29, 1.82) is 0 Å². The first-order valence-corrected chi connectivity index (χ1v) is 7.42. The fourth-order valence-corrected chi connectivity index (χ4v) is 3.45. The van der Waals surface area contributed by atoms with Gasteiger partial charge in [-0.25, -0.2) is 0 Å². The van der Waals surface area contributed by atoms with Crippen LogP contribution in [-0.2, 0) is 6.18 Å². The molecular formula is C13H16F3NO4S. The summed E-state index contributed by atoms with van der Waals surface area (Å²) in [5, 5.41) is 39.8. The third-order valence-corrected chi connectivity index (χ3v) is 4.88. The van der Waals surface area contributed by atoms with Crippen LogP contribution in [0, 0.1) is 0 Å². The average molecular weight is 339 g/mol. The van der Waals surface area contributed by atoms with Crippen LogP contribution in [0.4, 0.5) is 18.9 Å². The quantitative estimate of drug-likeness (QED) is 0.555. The highest BCUT2D eigenvalue weighted by Gasteiger charge is 2.43. The molecule has 1 aromatic carbocycles. The van der Waals surface area contributed by atoms with Crippen LogP contribution >= 0.6 is 11.8 Å². The highest BCUT2D eigenvalue weighted by atomic mass is 32.2. The van der Waals surface area contributed by atoms with Crippen molar-refractivity contribution in [3.63, 3.8) is 0 Å². The van der Waals surface area contributed by atoms with Gasteiger partial charge in [0.05, 0.1) is 23.5 Å². The minimum absolute atomic E-state index is 0.324. The van der Waals surface area contributed by atoms with E-state index in [0.29, 0.717) is 5.69 Å². The maximum absolute atomic E-state index is 12.5. The van der Waals surface area contributed by atoms with E-state index in [9.17, 15) is 28.5 Å². The molecule has 0 bridgehead atoms. The third-order valence-electron chi connectivity index (χ3n) is 3.41. The van der Waals surface area contributed by atoms with Crippen molar-refractivity contribution < 1.29 is 33.6 Å². The van der Waals surface area contributed by atoms with Gasteiger partial charge in [-0.2, -0.15) is 13.2 Å². The van der Waals surface area contributed by atoms with Crippen molar-refractivity contribution >= 4 is 17.4 Å². The summed E-state index contributed by atoms with van der Waals surface area (Å²) in [4.78, 5) is 0. The fraction of sp³-hybridized carbons (Fsp3) is 0.538. The largest absolute Gasteiger partial charge is 0.416 e. The first-order valence-electron chi connectivity index (χ1n) is 6.48. The third kappa shape index (κ3) is 3.66. The highest BCUT2D eigenvalue weighted by molar-refractivity contribution is 8.00. The van der Waals surface area contributed by atoms with E-state index in [2.05, 4.69) is 5.32 Å². The van der Waals surface area contributed by atoms with Crippen molar-refractivity contribution in [3.8, 4) is 0 Å². The zero-order chi connectivity index (χ0) is 16.5. The molecule has 22 heavy (non-hydrogen) atoms. The second-order valence-corrected chi connectivity index (χ2v) is 6.35. The molecule has 5 atom stereocenters. The number of alkyl halides is 3. The van der Waals surface area contributed by atoms with Gasteiger partial charge in [-0.3, -0.25) is 0 Å². The van der Waals surface area contributed by atoms with Crippen LogP contribution in [0.15, 0.2) is 24.3 Å². The number of aliphatic hydroxyl groups excluding tert-OH is 4. The lowest BCUT2D eigenvalue weighted by molar-refractivity contribution is -0.137. The average Bonchev–Trinajstić information content (AvgIpc) is 2.47. The Balaban J connectivity index is 2.09. The molecule has 5 N–H and O–H groups in total. The molecule has 0 amide bonds. The molecule has 1 fully saturated rings. The van der Waals surface area contributed by atoms with Crippen LogP contribution in [-0.4, -0.2) is 56.0 Å². The van der Waals surface area contributed by atoms with Gasteiger partial charge in [0.1, 0.15) is 17.6 Å². The van der Waals surface area contributed by atoms with E-state index >= 15 is 0 Å². The first kappa shape index (κ1) is 17.4. The Morgan fingerprint density at radius 3 is 2.09 bits per heavy atom. The molecular weight excluding hydrogens is 323 g/mol. The van der Waals surface area contributed by atoms with E-state index in [1.807, 2.05) is 0 Å². The van der Waals surface area contributed by atoms with Gasteiger partial charge in [0.25, 0.3) is 0 Å². The Kier molecular flexibility index (Phi) is 5.23. The molecule has 1 aromatic rings. The molecule has 0 unspecified atom stereocenters. The number of hydrogen-bond donors (Lipinski definition) is 5. The zero-order valence-corrected chi connectivity index (χ0v) is 12.1. The lowest BCUT2D eigenvalue weighted by Crippen LogP contribution is -2.56. The summed E-state index contributed by atoms with van der Waals surface area (Å²) in [5.41, 5.74) is -0.469. The monoisotopic (exact) mass is 339 g/mol. The smallest absolute Gasteiger partial charge is 0.395 e. The molecule has 1 aliphatic rings. The van der Waals surface area contributed by atoms with Gasteiger partial charge in [0, 0.05) is 5.69 Å². The molecule has 1 saturated heterocycles. The Hall–Kier alpha value is -1.00. The highest BCUT2D eigenvalue weighted by Crippen LogP contribution is 2.34. The van der Waals surface area contributed by atoms with Gasteiger partial charge < -0.3 is 25.7 Å². The van der Waals surface area contributed by atoms with E-state index in [-0.39, 0.29) is 0 Å². The van der Waals surface area contributed by atoms with E-state index < -0.39 is 47.3 Å². The zero-order valence-electron chi connectivity index (χ0n) is 11.2. The van der Waals surface area contributed by atoms with Gasteiger partial charge in [-0.1, -0.05) is 0 Å². The molecule has 1 heterocycles. The normalized spacial score (nSPS) is 32.8. The van der Waals surface area contributed by atoms with Gasteiger partial charge >= 0.3 is 6.18 Å². The van der Waals surface area contributed by atoms with E-state index in [0.717, 1.165) is 23.9 Å². The standard InChI is InChI=1S/C13H16F3NO4S/c14-13(15,16)6-1-3-7(4-2-6)17-12-11(21)10(20)9(19)8(5-18)22-12/h1-4,8-12,17-21H,5H2/t8-,9-,10+,11-,12+/m1/s1. The summed E-state index contributed by atoms with van der Waals surface area (Å²) in [6.07, 6.45) is -8.49. The van der Waals surface area contributed by atoms with E-state index in [1.54, 1.807) is 0 Å². The Labute approximate surface area is 128 Å². The number of nitrogens with one attached hydrogen (secondary N) is 1. The SMILES string of the molecule is OC[C@H]1S[C@H](Nc2ccc(C(F)(F)F)cc2)[C@H](O)[C@@H](O)[C@@H]1O. The fourth-order valence-electron chi connectivity index (χ4n) is 2.14. The number of rotatable bonds is 3. The van der Waals surface area contributed by atoms with E-state index in [4.69, 9.17) is 5.11 Å². The molecule has 0 aromatic heterocycles. The molecule has 0 radical (unpaired) electrons. The van der Waals surface area contributed by atoms with Crippen molar-refractivity contribution in [2.45, 2.75) is 35.1 Å². The molecule has 0 spiro atoms. The van der Waals surface area contributed by atoms with Crippen LogP contribution in [0.5, 0.6) is 0 Å². The van der Waals surface area contributed by atoms with Gasteiger partial charge in [-0.05, 0) is 24.3 Å². The van der Waals surface area contributed by atoms with Crippen LogP contribution in [0.25, 0.3) is 0 Å². The van der Waals surface area contributed by atoms with Crippen LogP contribution < -0.4 is 5.32 Å².